The quantitative estimate of drug-likeness (QED) is 0.588. The predicted molar refractivity (Wildman–Crippen MR) is 106 cm³/mol. The summed E-state index contributed by atoms with van der Waals surface area (Å²) in [6.45, 7) is 2.01. The van der Waals surface area contributed by atoms with Crippen LogP contribution in [0, 0.1) is 6.92 Å². The second-order valence-corrected chi connectivity index (χ2v) is 7.04. The van der Waals surface area contributed by atoms with Crippen LogP contribution in [-0.4, -0.2) is 24.5 Å². The van der Waals surface area contributed by atoms with Crippen molar-refractivity contribution in [3.63, 3.8) is 0 Å². The summed E-state index contributed by atoms with van der Waals surface area (Å²) in [4.78, 5) is 25.4. The molecule has 27 heavy (non-hydrogen) atoms. The van der Waals surface area contributed by atoms with Crippen LogP contribution < -0.4 is 10.4 Å². The number of halogens is 2. The average molecular weight is 406 g/mol. The summed E-state index contributed by atoms with van der Waals surface area (Å²) in [6, 6.07) is 11.9. The number of aryl methyl sites for hydroxylation is 1. The van der Waals surface area contributed by atoms with E-state index in [1.165, 1.54) is 17.0 Å². The number of hydrogen-bond acceptors (Lipinski definition) is 4. The molecule has 3 aromatic rings. The molecule has 0 fully saturated rings. The van der Waals surface area contributed by atoms with Crippen molar-refractivity contribution < 1.29 is 13.9 Å². The van der Waals surface area contributed by atoms with Crippen molar-refractivity contribution in [2.45, 2.75) is 13.5 Å². The van der Waals surface area contributed by atoms with Crippen LogP contribution in [0.3, 0.4) is 0 Å². The number of amides is 1. The third kappa shape index (κ3) is 4.62. The second kappa shape index (κ2) is 8.03. The summed E-state index contributed by atoms with van der Waals surface area (Å²) in [5, 5.41) is 1.67. The van der Waals surface area contributed by atoms with Crippen molar-refractivity contribution in [1.82, 2.24) is 4.90 Å². The standard InChI is InChI=1S/C20H17Cl2NO4/c1-12-6-20(25)27-17-9-18(16(22)8-15(12)17)26-11-19(24)23(2)10-13-4-3-5-14(21)7-13/h3-9H,10-11H2,1-2H3. The molecule has 0 spiro atoms. The van der Waals surface area contributed by atoms with Crippen LogP contribution in [0.1, 0.15) is 11.1 Å². The van der Waals surface area contributed by atoms with Gasteiger partial charge in [0.15, 0.2) is 6.61 Å². The Morgan fingerprint density at radius 1 is 1.19 bits per heavy atom. The maximum atomic E-state index is 12.3. The van der Waals surface area contributed by atoms with Crippen molar-refractivity contribution in [3.8, 4) is 5.75 Å². The number of carbonyl (C=O) groups is 1. The number of fused-ring (bicyclic) bond motifs is 1. The number of hydrogen-bond donors (Lipinski definition) is 0. The second-order valence-electron chi connectivity index (χ2n) is 6.20. The van der Waals surface area contributed by atoms with Gasteiger partial charge in [-0.05, 0) is 36.2 Å². The van der Waals surface area contributed by atoms with Gasteiger partial charge >= 0.3 is 5.63 Å². The summed E-state index contributed by atoms with van der Waals surface area (Å²) >= 11 is 12.2. The minimum Gasteiger partial charge on any atom is -0.482 e. The van der Waals surface area contributed by atoms with Gasteiger partial charge in [0.05, 0.1) is 5.02 Å². The van der Waals surface area contributed by atoms with E-state index in [1.54, 1.807) is 32.2 Å². The maximum absolute atomic E-state index is 12.3. The van der Waals surface area contributed by atoms with Gasteiger partial charge in [0, 0.05) is 36.1 Å². The van der Waals surface area contributed by atoms with Crippen molar-refractivity contribution in [2.24, 2.45) is 0 Å². The Balaban J connectivity index is 1.71. The van der Waals surface area contributed by atoms with Gasteiger partial charge in [0.2, 0.25) is 0 Å². The molecular formula is C20H17Cl2NO4. The molecule has 140 valence electrons. The number of benzene rings is 2. The molecule has 0 unspecified atom stereocenters. The molecule has 0 radical (unpaired) electrons. The van der Waals surface area contributed by atoms with Crippen molar-refractivity contribution >= 4 is 40.1 Å². The lowest BCUT2D eigenvalue weighted by molar-refractivity contribution is -0.132. The zero-order chi connectivity index (χ0) is 19.6. The van der Waals surface area contributed by atoms with Crippen LogP contribution in [0.15, 0.2) is 51.7 Å². The largest absolute Gasteiger partial charge is 0.482 e. The van der Waals surface area contributed by atoms with Crippen LogP contribution in [-0.2, 0) is 11.3 Å². The molecule has 5 nitrogen and oxygen atoms in total. The van der Waals surface area contributed by atoms with E-state index in [0.717, 1.165) is 16.5 Å². The minimum atomic E-state index is -0.453. The summed E-state index contributed by atoms with van der Waals surface area (Å²) < 4.78 is 10.7. The van der Waals surface area contributed by atoms with Crippen LogP contribution in [0.25, 0.3) is 11.0 Å². The summed E-state index contributed by atoms with van der Waals surface area (Å²) in [5.74, 6) is 0.0549. The Morgan fingerprint density at radius 2 is 1.96 bits per heavy atom. The van der Waals surface area contributed by atoms with E-state index in [1.807, 2.05) is 12.1 Å². The number of likely N-dealkylation sites (N-methyl/N-ethyl adjacent to an activating group) is 1. The molecule has 0 saturated carbocycles. The SMILES string of the molecule is Cc1cc(=O)oc2cc(OCC(=O)N(C)Cc3cccc(Cl)c3)c(Cl)cc12. The fourth-order valence-electron chi connectivity index (χ4n) is 2.68. The highest BCUT2D eigenvalue weighted by molar-refractivity contribution is 6.32. The molecule has 0 atom stereocenters. The van der Waals surface area contributed by atoms with Gasteiger partial charge in [0.1, 0.15) is 11.3 Å². The van der Waals surface area contributed by atoms with E-state index in [0.29, 0.717) is 22.2 Å². The van der Waals surface area contributed by atoms with Crippen molar-refractivity contribution in [2.75, 3.05) is 13.7 Å². The normalized spacial score (nSPS) is 10.8. The summed E-state index contributed by atoms with van der Waals surface area (Å²) in [6.07, 6.45) is 0. The monoisotopic (exact) mass is 405 g/mol. The van der Waals surface area contributed by atoms with Gasteiger partial charge in [-0.15, -0.1) is 0 Å². The van der Waals surface area contributed by atoms with Gasteiger partial charge in [-0.25, -0.2) is 4.79 Å². The lowest BCUT2D eigenvalue weighted by atomic mass is 10.1. The molecule has 0 aliphatic rings. The molecule has 1 amide bonds. The lowest BCUT2D eigenvalue weighted by Gasteiger charge is -2.18. The van der Waals surface area contributed by atoms with E-state index in [-0.39, 0.29) is 18.3 Å². The first-order valence-corrected chi connectivity index (χ1v) is 8.94. The van der Waals surface area contributed by atoms with Crippen LogP contribution in [0.5, 0.6) is 5.75 Å². The Kier molecular flexibility index (Phi) is 5.73. The minimum absolute atomic E-state index is 0.196. The predicted octanol–water partition coefficient (Wildman–Crippen LogP) is 4.45. The first-order valence-electron chi connectivity index (χ1n) is 8.18. The zero-order valence-corrected chi connectivity index (χ0v) is 16.3. The molecule has 1 heterocycles. The molecular weight excluding hydrogens is 389 g/mol. The highest BCUT2D eigenvalue weighted by Crippen LogP contribution is 2.31. The number of rotatable bonds is 5. The molecule has 2 aromatic carbocycles. The van der Waals surface area contributed by atoms with E-state index in [4.69, 9.17) is 32.4 Å². The molecule has 1 aromatic heterocycles. The zero-order valence-electron chi connectivity index (χ0n) is 14.8. The fraction of sp³-hybridized carbons (Fsp3) is 0.200. The van der Waals surface area contributed by atoms with E-state index in [9.17, 15) is 9.59 Å². The third-order valence-corrected chi connectivity index (χ3v) is 4.62. The molecule has 0 aliphatic carbocycles. The highest BCUT2D eigenvalue weighted by atomic mass is 35.5. The number of nitrogens with zero attached hydrogens (tertiary/aromatic N) is 1. The highest BCUT2D eigenvalue weighted by Gasteiger charge is 2.14. The Hall–Kier alpha value is -2.50. The molecule has 7 heteroatoms. The lowest BCUT2D eigenvalue weighted by Crippen LogP contribution is -2.31. The topological polar surface area (TPSA) is 59.8 Å². The van der Waals surface area contributed by atoms with Gasteiger partial charge in [-0.1, -0.05) is 35.3 Å². The molecule has 0 bridgehead atoms. The van der Waals surface area contributed by atoms with Gasteiger partial charge in [-0.2, -0.15) is 0 Å². The van der Waals surface area contributed by atoms with E-state index < -0.39 is 5.63 Å². The Morgan fingerprint density at radius 3 is 2.70 bits per heavy atom. The van der Waals surface area contributed by atoms with E-state index in [2.05, 4.69) is 0 Å². The fourth-order valence-corrected chi connectivity index (χ4v) is 3.11. The van der Waals surface area contributed by atoms with Crippen molar-refractivity contribution in [1.29, 1.82) is 0 Å². The average Bonchev–Trinajstić information content (AvgIpc) is 2.60. The third-order valence-electron chi connectivity index (χ3n) is 4.09. The van der Waals surface area contributed by atoms with Crippen molar-refractivity contribution in [3.05, 3.63) is 74.1 Å². The molecule has 0 saturated heterocycles. The van der Waals surface area contributed by atoms with Gasteiger partial charge < -0.3 is 14.1 Å². The Labute approximate surface area is 166 Å². The summed E-state index contributed by atoms with van der Waals surface area (Å²) in [5.41, 5.74) is 1.58. The van der Waals surface area contributed by atoms with E-state index >= 15 is 0 Å². The summed E-state index contributed by atoms with van der Waals surface area (Å²) in [7, 11) is 1.68. The first-order chi connectivity index (χ1) is 12.8. The molecule has 0 aliphatic heterocycles. The van der Waals surface area contributed by atoms with Crippen LogP contribution in [0.4, 0.5) is 0 Å². The van der Waals surface area contributed by atoms with Crippen LogP contribution in [0.2, 0.25) is 10.0 Å². The van der Waals surface area contributed by atoms with Crippen LogP contribution >= 0.6 is 23.2 Å². The molecule has 3 rings (SSSR count). The maximum Gasteiger partial charge on any atom is 0.336 e. The Bertz CT molecular complexity index is 1060. The smallest absolute Gasteiger partial charge is 0.336 e. The van der Waals surface area contributed by atoms with Gasteiger partial charge in [-0.3, -0.25) is 4.79 Å². The first kappa shape index (κ1) is 19.3. The van der Waals surface area contributed by atoms with Gasteiger partial charge in [0.25, 0.3) is 5.91 Å². The molecule has 0 N–H and O–H groups in total. The number of carbonyl (C=O) groups excluding carboxylic acids is 1. The number of ether oxygens (including phenoxy) is 1.